The molecule has 1 aromatic carbocycles. The number of aromatic nitrogens is 1. The fourth-order valence-electron chi connectivity index (χ4n) is 2.54. The summed E-state index contributed by atoms with van der Waals surface area (Å²) in [5, 5.41) is 12.4. The Labute approximate surface area is 133 Å². The predicted octanol–water partition coefficient (Wildman–Crippen LogP) is 3.08. The van der Waals surface area contributed by atoms with Crippen molar-refractivity contribution in [2.45, 2.75) is 5.88 Å². The summed E-state index contributed by atoms with van der Waals surface area (Å²) in [6.07, 6.45) is 1.84. The lowest BCUT2D eigenvalue weighted by molar-refractivity contribution is 0.651. The van der Waals surface area contributed by atoms with E-state index in [4.69, 9.17) is 11.6 Å². The second-order valence-electron chi connectivity index (χ2n) is 4.89. The van der Waals surface area contributed by atoms with E-state index < -0.39 is 0 Å². The molecule has 0 bridgehead atoms. The highest BCUT2D eigenvalue weighted by Gasteiger charge is 2.20. The van der Waals surface area contributed by atoms with Gasteiger partial charge in [-0.05, 0) is 17.7 Å². The number of hydrogen-bond acceptors (Lipinski definition) is 5. The van der Waals surface area contributed by atoms with E-state index in [0.717, 1.165) is 42.6 Å². The van der Waals surface area contributed by atoms with Crippen LogP contribution >= 0.6 is 22.9 Å². The third-order valence-corrected chi connectivity index (χ3v) is 4.79. The Balaban J connectivity index is 1.74. The van der Waals surface area contributed by atoms with Gasteiger partial charge in [-0.25, -0.2) is 4.98 Å². The normalized spacial score (nSPS) is 15.0. The molecule has 1 aliphatic rings. The van der Waals surface area contributed by atoms with Gasteiger partial charge in [-0.1, -0.05) is 6.07 Å². The first-order valence-electron chi connectivity index (χ1n) is 6.80. The molecule has 21 heavy (non-hydrogen) atoms. The molecule has 108 valence electrons. The van der Waals surface area contributed by atoms with Gasteiger partial charge in [0.25, 0.3) is 0 Å². The first-order valence-corrected chi connectivity index (χ1v) is 8.21. The average molecular weight is 319 g/mol. The summed E-state index contributed by atoms with van der Waals surface area (Å²) in [7, 11) is 0. The van der Waals surface area contributed by atoms with E-state index >= 15 is 0 Å². The molecular weight excluding hydrogens is 304 g/mol. The van der Waals surface area contributed by atoms with Crippen LogP contribution in [0.15, 0.2) is 29.8 Å². The lowest BCUT2D eigenvalue weighted by Gasteiger charge is -2.36. The van der Waals surface area contributed by atoms with E-state index in [1.54, 1.807) is 11.3 Å². The lowest BCUT2D eigenvalue weighted by Crippen LogP contribution is -2.46. The molecule has 0 atom stereocenters. The van der Waals surface area contributed by atoms with Crippen LogP contribution in [-0.4, -0.2) is 31.2 Å². The van der Waals surface area contributed by atoms with Gasteiger partial charge in [0, 0.05) is 43.6 Å². The van der Waals surface area contributed by atoms with Crippen LogP contribution in [-0.2, 0) is 5.88 Å². The van der Waals surface area contributed by atoms with Gasteiger partial charge in [-0.2, -0.15) is 5.26 Å². The SMILES string of the molecule is N#Cc1cc(CCl)ccc1N1CCN(c2nccs2)CC1. The molecule has 0 saturated carbocycles. The van der Waals surface area contributed by atoms with Crippen molar-refractivity contribution in [2.75, 3.05) is 36.0 Å². The number of thiazole rings is 1. The van der Waals surface area contributed by atoms with Gasteiger partial charge in [0.15, 0.2) is 5.13 Å². The van der Waals surface area contributed by atoms with Crippen molar-refractivity contribution in [1.82, 2.24) is 4.98 Å². The van der Waals surface area contributed by atoms with Crippen LogP contribution in [0.2, 0.25) is 0 Å². The number of rotatable bonds is 3. The highest BCUT2D eigenvalue weighted by molar-refractivity contribution is 7.13. The van der Waals surface area contributed by atoms with Crippen molar-refractivity contribution in [3.05, 3.63) is 40.9 Å². The predicted molar refractivity (Wildman–Crippen MR) is 87.3 cm³/mol. The minimum atomic E-state index is 0.437. The molecule has 0 N–H and O–H groups in total. The van der Waals surface area contributed by atoms with E-state index in [1.807, 2.05) is 29.8 Å². The number of halogens is 1. The first kappa shape index (κ1) is 14.2. The molecular formula is C15H15ClN4S. The van der Waals surface area contributed by atoms with Crippen molar-refractivity contribution in [3.8, 4) is 6.07 Å². The second kappa shape index (κ2) is 6.33. The summed E-state index contributed by atoms with van der Waals surface area (Å²) in [5.74, 6) is 0.437. The standard InChI is InChI=1S/C15H15ClN4S/c16-10-12-1-2-14(13(9-12)11-17)19-4-6-20(7-5-19)15-18-3-8-21-15/h1-3,8-9H,4-7,10H2. The highest BCUT2D eigenvalue weighted by atomic mass is 35.5. The van der Waals surface area contributed by atoms with Crippen molar-refractivity contribution in [2.24, 2.45) is 0 Å². The Hall–Kier alpha value is -1.77. The molecule has 1 aromatic heterocycles. The Bertz CT molecular complexity index is 642. The average Bonchev–Trinajstić information content (AvgIpc) is 3.09. The van der Waals surface area contributed by atoms with Crippen LogP contribution in [0.1, 0.15) is 11.1 Å². The summed E-state index contributed by atoms with van der Waals surface area (Å²) < 4.78 is 0. The summed E-state index contributed by atoms with van der Waals surface area (Å²) in [6, 6.07) is 8.17. The van der Waals surface area contributed by atoms with E-state index in [1.165, 1.54) is 0 Å². The first-order chi connectivity index (χ1) is 10.3. The maximum Gasteiger partial charge on any atom is 0.185 e. The fraction of sp³-hybridized carbons (Fsp3) is 0.333. The summed E-state index contributed by atoms with van der Waals surface area (Å²) >= 11 is 7.50. The van der Waals surface area contributed by atoms with Crippen molar-refractivity contribution >= 4 is 33.8 Å². The number of nitriles is 1. The molecule has 0 unspecified atom stereocenters. The van der Waals surface area contributed by atoms with Gasteiger partial charge in [0.2, 0.25) is 0 Å². The van der Waals surface area contributed by atoms with E-state index in [-0.39, 0.29) is 0 Å². The number of benzene rings is 1. The molecule has 0 aliphatic carbocycles. The van der Waals surface area contributed by atoms with Gasteiger partial charge < -0.3 is 9.80 Å². The zero-order valence-electron chi connectivity index (χ0n) is 11.5. The maximum absolute atomic E-state index is 9.33. The Kier molecular flexibility index (Phi) is 4.28. The fourth-order valence-corrected chi connectivity index (χ4v) is 3.41. The van der Waals surface area contributed by atoms with Gasteiger partial charge in [-0.3, -0.25) is 0 Å². The number of piperazine rings is 1. The second-order valence-corrected chi connectivity index (χ2v) is 6.03. The number of hydrogen-bond donors (Lipinski definition) is 0. The third-order valence-electron chi connectivity index (χ3n) is 3.65. The largest absolute Gasteiger partial charge is 0.367 e. The van der Waals surface area contributed by atoms with Crippen molar-refractivity contribution < 1.29 is 0 Å². The van der Waals surface area contributed by atoms with E-state index in [0.29, 0.717) is 11.4 Å². The Morgan fingerprint density at radius 1 is 1.24 bits per heavy atom. The topological polar surface area (TPSA) is 43.2 Å². The quantitative estimate of drug-likeness (QED) is 0.816. The van der Waals surface area contributed by atoms with Gasteiger partial charge >= 0.3 is 0 Å². The zero-order valence-corrected chi connectivity index (χ0v) is 13.1. The minimum absolute atomic E-state index is 0.437. The van der Waals surface area contributed by atoms with Crippen LogP contribution in [0.3, 0.4) is 0 Å². The van der Waals surface area contributed by atoms with E-state index in [9.17, 15) is 5.26 Å². The van der Waals surface area contributed by atoms with Crippen LogP contribution in [0.5, 0.6) is 0 Å². The lowest BCUT2D eigenvalue weighted by atomic mass is 10.1. The molecule has 1 fully saturated rings. The Morgan fingerprint density at radius 2 is 2.00 bits per heavy atom. The van der Waals surface area contributed by atoms with Crippen LogP contribution in [0.25, 0.3) is 0 Å². The van der Waals surface area contributed by atoms with E-state index in [2.05, 4.69) is 20.9 Å². The molecule has 2 aromatic rings. The molecule has 1 saturated heterocycles. The number of alkyl halides is 1. The van der Waals surface area contributed by atoms with Crippen LogP contribution in [0, 0.1) is 11.3 Å². The molecule has 0 amide bonds. The minimum Gasteiger partial charge on any atom is -0.367 e. The molecule has 0 spiro atoms. The third kappa shape index (κ3) is 2.97. The number of nitrogens with zero attached hydrogens (tertiary/aromatic N) is 4. The summed E-state index contributed by atoms with van der Waals surface area (Å²) in [6.45, 7) is 3.65. The van der Waals surface area contributed by atoms with Gasteiger partial charge in [0.05, 0.1) is 11.3 Å². The monoisotopic (exact) mass is 318 g/mol. The Morgan fingerprint density at radius 3 is 2.62 bits per heavy atom. The molecule has 4 nitrogen and oxygen atoms in total. The molecule has 6 heteroatoms. The summed E-state index contributed by atoms with van der Waals surface area (Å²) in [5.41, 5.74) is 2.69. The molecule has 3 rings (SSSR count). The van der Waals surface area contributed by atoms with Crippen molar-refractivity contribution in [3.63, 3.8) is 0 Å². The van der Waals surface area contributed by atoms with Crippen LogP contribution in [0.4, 0.5) is 10.8 Å². The van der Waals surface area contributed by atoms with Crippen molar-refractivity contribution in [1.29, 1.82) is 5.26 Å². The molecule has 2 heterocycles. The summed E-state index contributed by atoms with van der Waals surface area (Å²) in [4.78, 5) is 8.91. The smallest absolute Gasteiger partial charge is 0.185 e. The zero-order chi connectivity index (χ0) is 14.7. The molecule has 1 aliphatic heterocycles. The highest BCUT2D eigenvalue weighted by Crippen LogP contribution is 2.25. The van der Waals surface area contributed by atoms with Crippen LogP contribution < -0.4 is 9.80 Å². The molecule has 0 radical (unpaired) electrons. The number of anilines is 2. The maximum atomic E-state index is 9.33. The van der Waals surface area contributed by atoms with Gasteiger partial charge in [0.1, 0.15) is 6.07 Å². The van der Waals surface area contributed by atoms with Gasteiger partial charge in [-0.15, -0.1) is 22.9 Å².